The fourth-order valence-electron chi connectivity index (χ4n) is 5.26. The van der Waals surface area contributed by atoms with E-state index in [9.17, 15) is 9.59 Å². The number of halogens is 1. The molecule has 2 aliphatic rings. The Labute approximate surface area is 241 Å². The second-order valence-corrected chi connectivity index (χ2v) is 10.7. The van der Waals surface area contributed by atoms with Crippen molar-refractivity contribution in [2.24, 2.45) is 5.92 Å². The van der Waals surface area contributed by atoms with Crippen LogP contribution in [0.2, 0.25) is 0 Å². The Kier molecular flexibility index (Phi) is 7.04. The minimum absolute atomic E-state index is 0.308. The third-order valence-electron chi connectivity index (χ3n) is 7.26. The van der Waals surface area contributed by atoms with Crippen LogP contribution < -0.4 is 19.4 Å². The van der Waals surface area contributed by atoms with Gasteiger partial charge < -0.3 is 9.47 Å². The average Bonchev–Trinajstić information content (AvgIpc) is 3.49. The number of amides is 2. The second-order valence-electron chi connectivity index (χ2n) is 9.80. The number of hydroxylamine groups is 1. The lowest BCUT2D eigenvalue weighted by molar-refractivity contribution is -0.126. The smallest absolute Gasteiger partial charge is 0.266 e. The Hall–Kier alpha value is -4.14. The minimum atomic E-state index is -0.967. The molecule has 0 radical (unpaired) electrons. The Morgan fingerprint density at radius 1 is 0.825 bits per heavy atom. The molecule has 4 aromatic carbocycles. The number of benzene rings is 4. The molecule has 2 amide bonds. The summed E-state index contributed by atoms with van der Waals surface area (Å²) in [5.74, 6) is -0.395. The summed E-state index contributed by atoms with van der Waals surface area (Å²) in [7, 11) is 1.58. The Balaban J connectivity index is 1.40. The first-order chi connectivity index (χ1) is 19.5. The van der Waals surface area contributed by atoms with Crippen LogP contribution in [0.15, 0.2) is 102 Å². The fourth-order valence-corrected chi connectivity index (χ4v) is 5.82. The summed E-state index contributed by atoms with van der Waals surface area (Å²) in [5, 5.41) is 1.67. The Bertz CT molecular complexity index is 1550. The van der Waals surface area contributed by atoms with E-state index in [-0.39, 0.29) is 11.8 Å². The van der Waals surface area contributed by atoms with Gasteiger partial charge in [-0.05, 0) is 54.4 Å². The number of nitrogens with zero attached hydrogens (tertiary/aromatic N) is 2. The van der Waals surface area contributed by atoms with Crippen molar-refractivity contribution in [1.29, 1.82) is 0 Å². The summed E-state index contributed by atoms with van der Waals surface area (Å²) in [4.78, 5) is 35.1. The topological polar surface area (TPSA) is 68.3 Å². The van der Waals surface area contributed by atoms with Crippen molar-refractivity contribution in [2.45, 2.75) is 25.7 Å². The molecular formula is C32H27BrN2O5. The number of methoxy groups -OCH3 is 1. The molecule has 0 N–H and O–H groups in total. The molecule has 202 valence electrons. The van der Waals surface area contributed by atoms with Gasteiger partial charge in [0.15, 0.2) is 17.6 Å². The number of fused-ring (bicyclic) bond motifs is 1. The third kappa shape index (κ3) is 4.63. The number of anilines is 2. The predicted molar refractivity (Wildman–Crippen MR) is 155 cm³/mol. The zero-order valence-electron chi connectivity index (χ0n) is 22.0. The van der Waals surface area contributed by atoms with Gasteiger partial charge in [-0.15, -0.1) is 0 Å². The van der Waals surface area contributed by atoms with E-state index in [1.165, 1.54) is 4.90 Å². The molecule has 0 saturated carbocycles. The van der Waals surface area contributed by atoms with Crippen molar-refractivity contribution < 1.29 is 23.9 Å². The first kappa shape index (κ1) is 26.1. The number of imide groups is 1. The summed E-state index contributed by atoms with van der Waals surface area (Å²) < 4.78 is 12.5. The van der Waals surface area contributed by atoms with E-state index in [0.29, 0.717) is 28.3 Å². The van der Waals surface area contributed by atoms with Crippen LogP contribution in [0.3, 0.4) is 0 Å². The van der Waals surface area contributed by atoms with Crippen LogP contribution in [0.4, 0.5) is 11.4 Å². The number of hydrogen-bond donors (Lipinski definition) is 0. The van der Waals surface area contributed by atoms with Crippen LogP contribution in [0.5, 0.6) is 11.5 Å². The van der Waals surface area contributed by atoms with E-state index in [2.05, 4.69) is 15.9 Å². The van der Waals surface area contributed by atoms with Crippen LogP contribution in [0.25, 0.3) is 0 Å². The quantitative estimate of drug-likeness (QED) is 0.229. The average molecular weight is 599 g/mol. The maximum absolute atomic E-state index is 14.0. The van der Waals surface area contributed by atoms with E-state index < -0.39 is 18.1 Å². The normalized spacial score (nSPS) is 20.1. The highest BCUT2D eigenvalue weighted by Crippen LogP contribution is 2.50. The van der Waals surface area contributed by atoms with Crippen LogP contribution in [0, 0.1) is 12.8 Å². The number of carbonyl (C=O) groups is 2. The predicted octanol–water partition coefficient (Wildman–Crippen LogP) is 6.40. The molecule has 0 aliphatic carbocycles. The molecule has 8 heteroatoms. The summed E-state index contributed by atoms with van der Waals surface area (Å²) in [5.41, 5.74) is 4.08. The van der Waals surface area contributed by atoms with Crippen LogP contribution in [-0.2, 0) is 21.0 Å². The number of para-hydroxylation sites is 1. The molecule has 4 aromatic rings. The van der Waals surface area contributed by atoms with E-state index >= 15 is 0 Å². The highest BCUT2D eigenvalue weighted by molar-refractivity contribution is 9.10. The first-order valence-corrected chi connectivity index (χ1v) is 13.7. The second kappa shape index (κ2) is 10.8. The van der Waals surface area contributed by atoms with Gasteiger partial charge in [-0.2, -0.15) is 0 Å². The van der Waals surface area contributed by atoms with Crippen molar-refractivity contribution in [1.82, 2.24) is 0 Å². The van der Waals surface area contributed by atoms with Gasteiger partial charge in [0.25, 0.3) is 5.91 Å². The highest BCUT2D eigenvalue weighted by atomic mass is 79.9. The molecule has 3 atom stereocenters. The van der Waals surface area contributed by atoms with Crippen molar-refractivity contribution in [3.05, 3.63) is 118 Å². The number of rotatable bonds is 7. The summed E-state index contributed by atoms with van der Waals surface area (Å²) in [6, 6.07) is 29.8. The van der Waals surface area contributed by atoms with Gasteiger partial charge in [0.1, 0.15) is 12.5 Å². The molecule has 6 rings (SSSR count). The molecule has 2 fully saturated rings. The number of hydrogen-bond acceptors (Lipinski definition) is 6. The monoisotopic (exact) mass is 598 g/mol. The minimum Gasteiger partial charge on any atom is -0.493 e. The Morgan fingerprint density at radius 3 is 2.17 bits per heavy atom. The molecule has 0 spiro atoms. The molecule has 7 nitrogen and oxygen atoms in total. The van der Waals surface area contributed by atoms with Crippen molar-refractivity contribution in [3.8, 4) is 11.5 Å². The fraction of sp³-hybridized carbons (Fsp3) is 0.188. The number of carbonyl (C=O) groups excluding carboxylic acids is 2. The summed E-state index contributed by atoms with van der Waals surface area (Å²) in [6.45, 7) is 2.33. The summed E-state index contributed by atoms with van der Waals surface area (Å²) >= 11 is 3.72. The maximum atomic E-state index is 14.0. The molecule has 2 heterocycles. The summed E-state index contributed by atoms with van der Waals surface area (Å²) in [6.07, 6.45) is -0.967. The van der Waals surface area contributed by atoms with E-state index in [4.69, 9.17) is 14.3 Å². The SMILES string of the molecule is COc1cc([C@H]2[C@@H]3C(=O)N(c4ccc(C)cc4)C(=O)[C@H]3ON2c2ccccc2)c(Br)cc1OCc1ccccc1. The van der Waals surface area contributed by atoms with Gasteiger partial charge in [-0.3, -0.25) is 14.4 Å². The standard InChI is InChI=1S/C32H27BrN2O5/c1-20-13-15-22(16-14-20)34-31(36)28-29(35(40-30(28)32(34)37)23-11-7-4-8-12-23)24-17-26(38-2)27(18-25(24)33)39-19-21-9-5-3-6-10-21/h3-18,28-30H,19H2,1-2H3/t28-,29-,30-/m0/s1. The van der Waals surface area contributed by atoms with E-state index in [1.54, 1.807) is 24.3 Å². The highest BCUT2D eigenvalue weighted by Gasteiger charge is 2.60. The largest absolute Gasteiger partial charge is 0.493 e. The van der Waals surface area contributed by atoms with Gasteiger partial charge in [-0.25, -0.2) is 9.96 Å². The van der Waals surface area contributed by atoms with Gasteiger partial charge in [0, 0.05) is 4.47 Å². The van der Waals surface area contributed by atoms with Crippen molar-refractivity contribution in [2.75, 3.05) is 17.1 Å². The molecular weight excluding hydrogens is 572 g/mol. The van der Waals surface area contributed by atoms with E-state index in [0.717, 1.165) is 22.4 Å². The van der Waals surface area contributed by atoms with Gasteiger partial charge >= 0.3 is 0 Å². The van der Waals surface area contributed by atoms with Gasteiger partial charge in [0.05, 0.1) is 24.5 Å². The Morgan fingerprint density at radius 2 is 1.50 bits per heavy atom. The number of aryl methyl sites for hydroxylation is 1. The lowest BCUT2D eigenvalue weighted by Crippen LogP contribution is -2.37. The lowest BCUT2D eigenvalue weighted by atomic mass is 9.90. The molecule has 2 saturated heterocycles. The van der Waals surface area contributed by atoms with Gasteiger partial charge in [0.2, 0.25) is 5.91 Å². The molecule has 2 aliphatic heterocycles. The molecule has 0 aromatic heterocycles. The number of ether oxygens (including phenoxy) is 2. The zero-order chi connectivity index (χ0) is 27.8. The molecule has 0 bridgehead atoms. The van der Waals surface area contributed by atoms with Crippen molar-refractivity contribution >= 4 is 39.1 Å². The maximum Gasteiger partial charge on any atom is 0.266 e. The molecule has 0 unspecified atom stereocenters. The van der Waals surface area contributed by atoms with Crippen molar-refractivity contribution in [3.63, 3.8) is 0 Å². The van der Waals surface area contributed by atoms with E-state index in [1.807, 2.05) is 91.9 Å². The van der Waals surface area contributed by atoms with Crippen LogP contribution in [0.1, 0.15) is 22.7 Å². The third-order valence-corrected chi connectivity index (χ3v) is 7.94. The zero-order valence-corrected chi connectivity index (χ0v) is 23.6. The van der Waals surface area contributed by atoms with Crippen LogP contribution in [-0.4, -0.2) is 25.0 Å². The lowest BCUT2D eigenvalue weighted by Gasteiger charge is -2.30. The molecule has 40 heavy (non-hydrogen) atoms. The van der Waals surface area contributed by atoms with Gasteiger partial charge in [-0.1, -0.05) is 82.2 Å². The first-order valence-electron chi connectivity index (χ1n) is 13.0. The van der Waals surface area contributed by atoms with Crippen LogP contribution >= 0.6 is 15.9 Å².